The van der Waals surface area contributed by atoms with Crippen molar-refractivity contribution in [3.8, 4) is 22.7 Å². The summed E-state index contributed by atoms with van der Waals surface area (Å²) in [6, 6.07) is 71.7. The van der Waals surface area contributed by atoms with Crippen LogP contribution in [0.5, 0.6) is 0 Å². The van der Waals surface area contributed by atoms with Crippen LogP contribution in [0.3, 0.4) is 0 Å². The Labute approximate surface area is 346 Å². The number of hydrogen-bond acceptors (Lipinski definition) is 0. The van der Waals surface area contributed by atoms with Gasteiger partial charge in [0.1, 0.15) is 0 Å². The molecule has 4 heteroatoms. The summed E-state index contributed by atoms with van der Waals surface area (Å²) in [5.74, 6) is 0. The molecule has 0 radical (unpaired) electrons. The Balaban J connectivity index is 1.13. The van der Waals surface area contributed by atoms with Gasteiger partial charge in [0, 0.05) is 65.8 Å². The number of nitrogens with zero attached hydrogens (tertiary/aromatic N) is 4. The van der Waals surface area contributed by atoms with Crippen LogP contribution in [0, 0.1) is 13.8 Å². The molecule has 0 aliphatic rings. The molecule has 0 saturated heterocycles. The van der Waals surface area contributed by atoms with Crippen LogP contribution in [0.4, 0.5) is 0 Å². The van der Waals surface area contributed by atoms with Gasteiger partial charge < -0.3 is 18.3 Å². The van der Waals surface area contributed by atoms with Crippen molar-refractivity contribution in [2.24, 2.45) is 0 Å². The van der Waals surface area contributed by atoms with Crippen LogP contribution in [0.2, 0.25) is 0 Å². The van der Waals surface area contributed by atoms with Gasteiger partial charge in [-0.2, -0.15) is 0 Å². The maximum Gasteiger partial charge on any atom is 0.0788 e. The normalized spacial score (nSPS) is 12.2. The maximum atomic E-state index is 2.51. The van der Waals surface area contributed by atoms with Crippen LogP contribution < -0.4 is 0 Å². The van der Waals surface area contributed by atoms with Gasteiger partial charge in [0.2, 0.25) is 0 Å². The largest absolute Gasteiger partial charge is 0.309 e. The summed E-state index contributed by atoms with van der Waals surface area (Å²) in [7, 11) is 0. The number of rotatable bonds is 4. The Morgan fingerprint density at radius 3 is 1.15 bits per heavy atom. The van der Waals surface area contributed by atoms with E-state index in [9.17, 15) is 0 Å². The van der Waals surface area contributed by atoms with E-state index in [1.54, 1.807) is 0 Å². The molecule has 4 heterocycles. The lowest BCUT2D eigenvalue weighted by atomic mass is 10.1. The van der Waals surface area contributed by atoms with Crippen molar-refractivity contribution in [1.29, 1.82) is 0 Å². The van der Waals surface area contributed by atoms with Gasteiger partial charge in [0.05, 0.1) is 44.1 Å². The fourth-order valence-electron chi connectivity index (χ4n) is 10.3. The van der Waals surface area contributed by atoms with E-state index in [4.69, 9.17) is 0 Å². The van der Waals surface area contributed by atoms with E-state index in [1.807, 2.05) is 0 Å². The number of hydrogen-bond donors (Lipinski definition) is 0. The molecule has 4 aromatic heterocycles. The zero-order chi connectivity index (χ0) is 39.6. The first-order valence-electron chi connectivity index (χ1n) is 20.8. The standard InChI is InChI=1S/C56H38N4/c1-35-24-28-51-45(30-35)43-26-27-44-46-31-36(2)25-29-52(46)60(56(44)55(43)59(51)38-16-7-4-8-17-38)40-19-13-18-39(32-40)58-50-23-12-10-21-42(50)48-33-53-47(34-54(48)58)41-20-9-11-22-49(41)57(53)37-14-5-3-6-15-37/h3-34H,1-2H3. The van der Waals surface area contributed by atoms with Gasteiger partial charge in [0.25, 0.3) is 0 Å². The van der Waals surface area contributed by atoms with E-state index < -0.39 is 0 Å². The second-order valence-electron chi connectivity index (χ2n) is 16.4. The average Bonchev–Trinajstić information content (AvgIpc) is 4.00. The third-order valence-corrected chi connectivity index (χ3v) is 12.8. The molecular formula is C56H38N4. The van der Waals surface area contributed by atoms with Crippen molar-refractivity contribution in [3.05, 3.63) is 205 Å². The lowest BCUT2D eigenvalue weighted by Gasteiger charge is -2.15. The fraction of sp³-hybridized carbons (Fsp3) is 0.0357. The topological polar surface area (TPSA) is 19.7 Å². The number of aryl methyl sites for hydroxylation is 2. The summed E-state index contributed by atoms with van der Waals surface area (Å²) < 4.78 is 9.88. The molecule has 0 N–H and O–H groups in total. The van der Waals surface area contributed by atoms with Crippen molar-refractivity contribution in [3.63, 3.8) is 0 Å². The number of benzene rings is 9. The van der Waals surface area contributed by atoms with Crippen molar-refractivity contribution in [1.82, 2.24) is 18.3 Å². The maximum absolute atomic E-state index is 2.51. The minimum atomic E-state index is 1.12. The number of aromatic nitrogens is 4. The first kappa shape index (κ1) is 33.2. The molecule has 0 bridgehead atoms. The number of para-hydroxylation sites is 4. The summed E-state index contributed by atoms with van der Waals surface area (Å²) in [6.07, 6.45) is 0. The lowest BCUT2D eigenvalue weighted by molar-refractivity contribution is 1.12. The smallest absolute Gasteiger partial charge is 0.0788 e. The third-order valence-electron chi connectivity index (χ3n) is 12.8. The predicted octanol–water partition coefficient (Wildman–Crippen LogP) is 14.7. The van der Waals surface area contributed by atoms with Gasteiger partial charge in [-0.1, -0.05) is 114 Å². The van der Waals surface area contributed by atoms with Crippen LogP contribution in [0.1, 0.15) is 11.1 Å². The molecular weight excluding hydrogens is 729 g/mol. The first-order valence-corrected chi connectivity index (χ1v) is 20.8. The van der Waals surface area contributed by atoms with E-state index in [2.05, 4.69) is 226 Å². The van der Waals surface area contributed by atoms with Gasteiger partial charge in [-0.15, -0.1) is 0 Å². The molecule has 0 amide bonds. The molecule has 0 fully saturated rings. The highest BCUT2D eigenvalue weighted by molar-refractivity contribution is 6.24. The Hall–Kier alpha value is -7.82. The predicted molar refractivity (Wildman–Crippen MR) is 253 cm³/mol. The van der Waals surface area contributed by atoms with Gasteiger partial charge in [0.15, 0.2) is 0 Å². The minimum Gasteiger partial charge on any atom is -0.309 e. The van der Waals surface area contributed by atoms with E-state index in [0.717, 1.165) is 22.7 Å². The SMILES string of the molecule is Cc1ccc2c(c1)c1ccc3c4cc(C)ccc4n(-c4cccc(-n5c6ccccc6c6cc7c(cc65)c5ccccc5n7-c5ccccc5)c4)c3c1n2-c1ccccc1. The second kappa shape index (κ2) is 12.3. The summed E-state index contributed by atoms with van der Waals surface area (Å²) in [4.78, 5) is 0. The van der Waals surface area contributed by atoms with Crippen molar-refractivity contribution in [2.75, 3.05) is 0 Å². The highest BCUT2D eigenvalue weighted by Crippen LogP contribution is 2.44. The number of fused-ring (bicyclic) bond motifs is 13. The molecule has 0 aliphatic heterocycles. The summed E-state index contributed by atoms with van der Waals surface area (Å²) in [6.45, 7) is 4.39. The molecule has 0 saturated carbocycles. The van der Waals surface area contributed by atoms with Gasteiger partial charge in [-0.3, -0.25) is 0 Å². The van der Waals surface area contributed by atoms with Crippen LogP contribution >= 0.6 is 0 Å². The van der Waals surface area contributed by atoms with Crippen molar-refractivity contribution in [2.45, 2.75) is 13.8 Å². The average molecular weight is 767 g/mol. The molecule has 4 nitrogen and oxygen atoms in total. The van der Waals surface area contributed by atoms with E-state index in [0.29, 0.717) is 0 Å². The zero-order valence-electron chi connectivity index (χ0n) is 33.3. The van der Waals surface area contributed by atoms with Crippen LogP contribution in [0.15, 0.2) is 194 Å². The fourth-order valence-corrected chi connectivity index (χ4v) is 10.3. The molecule has 0 aliphatic carbocycles. The van der Waals surface area contributed by atoms with Crippen LogP contribution in [0.25, 0.3) is 110 Å². The molecule has 0 spiro atoms. The van der Waals surface area contributed by atoms with Gasteiger partial charge >= 0.3 is 0 Å². The second-order valence-corrected chi connectivity index (χ2v) is 16.4. The van der Waals surface area contributed by atoms with Gasteiger partial charge in [-0.05, 0) is 105 Å². The molecule has 282 valence electrons. The molecule has 9 aromatic carbocycles. The minimum absolute atomic E-state index is 1.12. The lowest BCUT2D eigenvalue weighted by Crippen LogP contribution is -2.00. The highest BCUT2D eigenvalue weighted by Gasteiger charge is 2.23. The van der Waals surface area contributed by atoms with Crippen molar-refractivity contribution < 1.29 is 0 Å². The molecule has 13 rings (SSSR count). The Morgan fingerprint density at radius 1 is 0.233 bits per heavy atom. The van der Waals surface area contributed by atoms with E-state index in [1.165, 1.54) is 98.4 Å². The quantitative estimate of drug-likeness (QED) is 0.170. The molecule has 0 unspecified atom stereocenters. The van der Waals surface area contributed by atoms with E-state index in [-0.39, 0.29) is 0 Å². The highest BCUT2D eigenvalue weighted by atomic mass is 15.1. The van der Waals surface area contributed by atoms with Gasteiger partial charge in [-0.25, -0.2) is 0 Å². The molecule has 13 aromatic rings. The summed E-state index contributed by atoms with van der Waals surface area (Å²) in [5, 5.41) is 9.99. The molecule has 0 atom stereocenters. The monoisotopic (exact) mass is 766 g/mol. The third kappa shape index (κ3) is 4.56. The van der Waals surface area contributed by atoms with Crippen LogP contribution in [-0.2, 0) is 0 Å². The first-order chi connectivity index (χ1) is 29.6. The Bertz CT molecular complexity index is 3890. The Morgan fingerprint density at radius 2 is 0.617 bits per heavy atom. The zero-order valence-corrected chi connectivity index (χ0v) is 33.3. The Kier molecular flexibility index (Phi) is 6.83. The summed E-state index contributed by atoms with van der Waals surface area (Å²) in [5.41, 5.74) is 16.7. The van der Waals surface area contributed by atoms with Crippen molar-refractivity contribution >= 4 is 87.2 Å². The molecule has 60 heavy (non-hydrogen) atoms. The van der Waals surface area contributed by atoms with Crippen LogP contribution in [-0.4, -0.2) is 18.3 Å². The van der Waals surface area contributed by atoms with E-state index >= 15 is 0 Å². The summed E-state index contributed by atoms with van der Waals surface area (Å²) >= 11 is 0.